The smallest absolute Gasteiger partial charge is 0.215 e. The lowest BCUT2D eigenvalue weighted by Crippen LogP contribution is -1.94. The predicted molar refractivity (Wildman–Crippen MR) is 67.2 cm³/mol. The Kier molecular flexibility index (Phi) is 3.14. The Bertz CT molecular complexity index is 509. The second-order valence-corrected chi connectivity index (χ2v) is 3.56. The Balaban J connectivity index is 2.41. The molecule has 1 heterocycles. The van der Waals surface area contributed by atoms with Gasteiger partial charge in [-0.15, -0.1) is 0 Å². The van der Waals surface area contributed by atoms with E-state index in [1.807, 2.05) is 30.3 Å². The van der Waals surface area contributed by atoms with E-state index in [0.717, 1.165) is 17.0 Å². The predicted octanol–water partition coefficient (Wildman–Crippen LogP) is 2.35. The van der Waals surface area contributed by atoms with Crippen molar-refractivity contribution in [1.82, 2.24) is 4.98 Å². The third-order valence-corrected chi connectivity index (χ3v) is 2.42. The topological polar surface area (TPSA) is 57.4 Å². The molecule has 0 bridgehead atoms. The van der Waals surface area contributed by atoms with Gasteiger partial charge >= 0.3 is 0 Å². The molecular weight excluding hydrogens is 216 g/mol. The van der Waals surface area contributed by atoms with Gasteiger partial charge in [0.1, 0.15) is 5.75 Å². The molecule has 4 heteroatoms. The van der Waals surface area contributed by atoms with Crippen molar-refractivity contribution in [1.29, 1.82) is 0 Å². The SMILES string of the molecule is COc1ccc(-c2cc(N)cc(OC)n2)cc1. The number of nitrogen functional groups attached to an aromatic ring is 1. The second kappa shape index (κ2) is 4.74. The van der Waals surface area contributed by atoms with E-state index in [4.69, 9.17) is 15.2 Å². The fourth-order valence-electron chi connectivity index (χ4n) is 1.54. The first-order valence-corrected chi connectivity index (χ1v) is 5.19. The number of hydrogen-bond acceptors (Lipinski definition) is 4. The number of nitrogens with two attached hydrogens (primary N) is 1. The number of methoxy groups -OCH3 is 2. The molecule has 0 aliphatic carbocycles. The largest absolute Gasteiger partial charge is 0.497 e. The summed E-state index contributed by atoms with van der Waals surface area (Å²) < 4.78 is 10.2. The third kappa shape index (κ3) is 2.47. The number of rotatable bonds is 3. The average molecular weight is 230 g/mol. The fourth-order valence-corrected chi connectivity index (χ4v) is 1.54. The highest BCUT2D eigenvalue weighted by Gasteiger charge is 2.04. The number of benzene rings is 1. The maximum atomic E-state index is 5.78. The highest BCUT2D eigenvalue weighted by atomic mass is 16.5. The number of nitrogens with zero attached hydrogens (tertiary/aromatic N) is 1. The molecule has 0 fully saturated rings. The molecule has 0 saturated heterocycles. The summed E-state index contributed by atoms with van der Waals surface area (Å²) in [5, 5.41) is 0. The van der Waals surface area contributed by atoms with E-state index in [0.29, 0.717) is 11.6 Å². The van der Waals surface area contributed by atoms with Crippen LogP contribution in [0.25, 0.3) is 11.3 Å². The zero-order valence-electron chi connectivity index (χ0n) is 9.81. The Labute approximate surface area is 100 Å². The number of hydrogen-bond donors (Lipinski definition) is 1. The first kappa shape index (κ1) is 11.3. The molecule has 2 aromatic rings. The molecule has 17 heavy (non-hydrogen) atoms. The fraction of sp³-hybridized carbons (Fsp3) is 0.154. The van der Waals surface area contributed by atoms with Gasteiger partial charge < -0.3 is 15.2 Å². The van der Waals surface area contributed by atoms with E-state index in [-0.39, 0.29) is 0 Å². The molecule has 0 saturated carbocycles. The van der Waals surface area contributed by atoms with Gasteiger partial charge in [-0.25, -0.2) is 4.98 Å². The maximum Gasteiger partial charge on any atom is 0.215 e. The van der Waals surface area contributed by atoms with Crippen LogP contribution in [0.1, 0.15) is 0 Å². The van der Waals surface area contributed by atoms with E-state index in [9.17, 15) is 0 Å². The lowest BCUT2D eigenvalue weighted by atomic mass is 10.1. The van der Waals surface area contributed by atoms with E-state index in [2.05, 4.69) is 4.98 Å². The van der Waals surface area contributed by atoms with Gasteiger partial charge in [0.25, 0.3) is 0 Å². The minimum absolute atomic E-state index is 0.510. The highest BCUT2D eigenvalue weighted by molar-refractivity contribution is 5.65. The van der Waals surface area contributed by atoms with Crippen molar-refractivity contribution in [2.75, 3.05) is 20.0 Å². The van der Waals surface area contributed by atoms with Gasteiger partial charge in [0.2, 0.25) is 5.88 Å². The van der Waals surface area contributed by atoms with Gasteiger partial charge in [-0.1, -0.05) is 0 Å². The maximum absolute atomic E-state index is 5.78. The lowest BCUT2D eigenvalue weighted by molar-refractivity contribution is 0.398. The summed E-state index contributed by atoms with van der Waals surface area (Å²) in [5.41, 5.74) is 8.16. The van der Waals surface area contributed by atoms with Crippen molar-refractivity contribution in [3.8, 4) is 22.9 Å². The quantitative estimate of drug-likeness (QED) is 0.879. The van der Waals surface area contributed by atoms with Crippen LogP contribution in [0.4, 0.5) is 5.69 Å². The number of anilines is 1. The molecule has 0 unspecified atom stereocenters. The van der Waals surface area contributed by atoms with Gasteiger partial charge in [-0.2, -0.15) is 0 Å². The van der Waals surface area contributed by atoms with E-state index >= 15 is 0 Å². The van der Waals surface area contributed by atoms with Gasteiger partial charge in [0, 0.05) is 17.3 Å². The second-order valence-electron chi connectivity index (χ2n) is 3.56. The Morgan fingerprint density at radius 3 is 2.29 bits per heavy atom. The number of ether oxygens (including phenoxy) is 2. The zero-order chi connectivity index (χ0) is 12.3. The minimum Gasteiger partial charge on any atom is -0.497 e. The van der Waals surface area contributed by atoms with Crippen molar-refractivity contribution in [2.45, 2.75) is 0 Å². The molecule has 2 N–H and O–H groups in total. The van der Waals surface area contributed by atoms with Crippen molar-refractivity contribution in [3.05, 3.63) is 36.4 Å². The summed E-state index contributed by atoms with van der Waals surface area (Å²) >= 11 is 0. The van der Waals surface area contributed by atoms with Crippen LogP contribution >= 0.6 is 0 Å². The lowest BCUT2D eigenvalue weighted by Gasteiger charge is -2.06. The van der Waals surface area contributed by atoms with Crippen LogP contribution in [0, 0.1) is 0 Å². The van der Waals surface area contributed by atoms with Crippen molar-refractivity contribution < 1.29 is 9.47 Å². The van der Waals surface area contributed by atoms with Gasteiger partial charge in [0.15, 0.2) is 0 Å². The molecule has 2 rings (SSSR count). The molecule has 4 nitrogen and oxygen atoms in total. The molecule has 1 aromatic heterocycles. The Hall–Kier alpha value is -2.23. The Morgan fingerprint density at radius 2 is 1.71 bits per heavy atom. The van der Waals surface area contributed by atoms with Crippen molar-refractivity contribution in [2.24, 2.45) is 0 Å². The normalized spacial score (nSPS) is 10.0. The molecular formula is C13H14N2O2. The summed E-state index contributed by atoms with van der Waals surface area (Å²) in [5.74, 6) is 1.32. The summed E-state index contributed by atoms with van der Waals surface area (Å²) in [6.45, 7) is 0. The van der Waals surface area contributed by atoms with Crippen LogP contribution in [-0.4, -0.2) is 19.2 Å². The van der Waals surface area contributed by atoms with Crippen LogP contribution in [0.2, 0.25) is 0 Å². The minimum atomic E-state index is 0.510. The summed E-state index contributed by atoms with van der Waals surface area (Å²) in [7, 11) is 3.20. The molecule has 88 valence electrons. The molecule has 1 aromatic carbocycles. The van der Waals surface area contributed by atoms with Crippen molar-refractivity contribution in [3.63, 3.8) is 0 Å². The molecule has 0 amide bonds. The first-order chi connectivity index (χ1) is 8.22. The summed E-state index contributed by atoms with van der Waals surface area (Å²) in [4.78, 5) is 4.33. The monoisotopic (exact) mass is 230 g/mol. The van der Waals surface area contributed by atoms with Gasteiger partial charge in [-0.05, 0) is 30.3 Å². The van der Waals surface area contributed by atoms with Crippen LogP contribution < -0.4 is 15.2 Å². The van der Waals surface area contributed by atoms with Crippen LogP contribution in [0.15, 0.2) is 36.4 Å². The van der Waals surface area contributed by atoms with Crippen LogP contribution in [0.3, 0.4) is 0 Å². The number of aromatic nitrogens is 1. The van der Waals surface area contributed by atoms with Crippen molar-refractivity contribution >= 4 is 5.69 Å². The van der Waals surface area contributed by atoms with E-state index in [1.165, 1.54) is 0 Å². The van der Waals surface area contributed by atoms with Crippen LogP contribution in [0.5, 0.6) is 11.6 Å². The van der Waals surface area contributed by atoms with E-state index in [1.54, 1.807) is 20.3 Å². The standard InChI is InChI=1S/C13H14N2O2/c1-16-11-5-3-9(4-6-11)12-7-10(14)8-13(15-12)17-2/h3-8H,1-2H3,(H2,14,15). The summed E-state index contributed by atoms with van der Waals surface area (Å²) in [6.07, 6.45) is 0. The average Bonchev–Trinajstić information content (AvgIpc) is 2.38. The molecule has 0 aliphatic rings. The summed E-state index contributed by atoms with van der Waals surface area (Å²) in [6, 6.07) is 11.1. The molecule has 0 atom stereocenters. The molecule has 0 aliphatic heterocycles. The van der Waals surface area contributed by atoms with Gasteiger partial charge in [-0.3, -0.25) is 0 Å². The highest BCUT2D eigenvalue weighted by Crippen LogP contribution is 2.25. The molecule has 0 radical (unpaired) electrons. The first-order valence-electron chi connectivity index (χ1n) is 5.19. The third-order valence-electron chi connectivity index (χ3n) is 2.42. The number of pyridine rings is 1. The van der Waals surface area contributed by atoms with E-state index < -0.39 is 0 Å². The zero-order valence-corrected chi connectivity index (χ0v) is 9.81. The Morgan fingerprint density at radius 1 is 1.00 bits per heavy atom. The van der Waals surface area contributed by atoms with Gasteiger partial charge in [0.05, 0.1) is 19.9 Å². The van der Waals surface area contributed by atoms with Crippen LogP contribution in [-0.2, 0) is 0 Å². The molecule has 0 spiro atoms.